The molecule has 0 aliphatic heterocycles. The number of benzene rings is 1. The van der Waals surface area contributed by atoms with Crippen LogP contribution in [0.25, 0.3) is 0 Å². The van der Waals surface area contributed by atoms with Crippen LogP contribution in [0.3, 0.4) is 0 Å². The summed E-state index contributed by atoms with van der Waals surface area (Å²) in [6, 6.07) is 5.49. The molecule has 1 rings (SSSR count). The number of sulfonamides is 1. The first-order chi connectivity index (χ1) is 7.80. The van der Waals surface area contributed by atoms with Gasteiger partial charge in [-0.3, -0.25) is 4.72 Å². The van der Waals surface area contributed by atoms with Gasteiger partial charge in [-0.25, -0.2) is 8.42 Å². The molecule has 0 unspecified atom stereocenters. The summed E-state index contributed by atoms with van der Waals surface area (Å²) in [4.78, 5) is 0. The van der Waals surface area contributed by atoms with Gasteiger partial charge in [0.25, 0.3) is 0 Å². The van der Waals surface area contributed by atoms with Crippen LogP contribution in [0.15, 0.2) is 22.7 Å². The summed E-state index contributed by atoms with van der Waals surface area (Å²) in [6.45, 7) is 5.91. The summed E-state index contributed by atoms with van der Waals surface area (Å²) in [5, 5.41) is 0. The van der Waals surface area contributed by atoms with E-state index in [-0.39, 0.29) is 5.75 Å². The molecule has 0 amide bonds. The minimum atomic E-state index is -3.23. The van der Waals surface area contributed by atoms with Crippen LogP contribution in [0, 0.1) is 12.8 Å². The largest absolute Gasteiger partial charge is 0.283 e. The molecule has 0 aliphatic carbocycles. The maximum atomic E-state index is 11.8. The van der Waals surface area contributed by atoms with Gasteiger partial charge >= 0.3 is 0 Å². The Morgan fingerprint density at radius 1 is 1.35 bits per heavy atom. The van der Waals surface area contributed by atoms with Crippen molar-refractivity contribution in [3.8, 4) is 0 Å². The van der Waals surface area contributed by atoms with E-state index in [9.17, 15) is 8.42 Å². The van der Waals surface area contributed by atoms with Gasteiger partial charge in [0.15, 0.2) is 0 Å². The highest BCUT2D eigenvalue weighted by atomic mass is 79.9. The normalized spacial score (nSPS) is 11.8. The summed E-state index contributed by atoms with van der Waals surface area (Å²) in [6.07, 6.45) is 0.672. The van der Waals surface area contributed by atoms with Gasteiger partial charge in [-0.15, -0.1) is 0 Å². The maximum absolute atomic E-state index is 11.8. The molecule has 17 heavy (non-hydrogen) atoms. The lowest BCUT2D eigenvalue weighted by molar-refractivity contribution is 0.578. The van der Waals surface area contributed by atoms with Crippen molar-refractivity contribution in [2.75, 3.05) is 10.5 Å². The molecule has 1 aromatic carbocycles. The predicted octanol–water partition coefficient (Wildman–Crippen LogP) is 3.55. The van der Waals surface area contributed by atoms with Crippen LogP contribution in [0.5, 0.6) is 0 Å². The first kappa shape index (κ1) is 14.5. The Bertz CT molecular complexity index is 483. The molecule has 0 aromatic heterocycles. The van der Waals surface area contributed by atoms with E-state index in [1.165, 1.54) is 0 Å². The van der Waals surface area contributed by atoms with Crippen LogP contribution in [0.2, 0.25) is 0 Å². The van der Waals surface area contributed by atoms with Crippen LogP contribution in [0.4, 0.5) is 5.69 Å². The van der Waals surface area contributed by atoms with E-state index in [0.29, 0.717) is 18.0 Å². The third kappa shape index (κ3) is 5.08. The molecule has 5 heteroatoms. The second kappa shape index (κ2) is 5.87. The first-order valence-corrected chi connectivity index (χ1v) is 8.01. The van der Waals surface area contributed by atoms with Crippen molar-refractivity contribution in [2.24, 2.45) is 5.92 Å². The molecule has 0 saturated carbocycles. The Morgan fingerprint density at radius 3 is 2.53 bits per heavy atom. The summed E-state index contributed by atoms with van der Waals surface area (Å²) in [7, 11) is -3.23. The molecule has 0 saturated heterocycles. The Kier molecular flexibility index (Phi) is 5.01. The third-order valence-electron chi connectivity index (χ3n) is 2.42. The maximum Gasteiger partial charge on any atom is 0.232 e. The van der Waals surface area contributed by atoms with Gasteiger partial charge in [0.1, 0.15) is 0 Å². The van der Waals surface area contributed by atoms with Gasteiger partial charge in [-0.1, -0.05) is 29.8 Å². The fourth-order valence-corrected chi connectivity index (χ4v) is 3.27. The predicted molar refractivity (Wildman–Crippen MR) is 75.7 cm³/mol. The van der Waals surface area contributed by atoms with Crippen molar-refractivity contribution in [3.05, 3.63) is 28.2 Å². The van der Waals surface area contributed by atoms with Crippen LogP contribution in [-0.2, 0) is 10.0 Å². The smallest absolute Gasteiger partial charge is 0.232 e. The van der Waals surface area contributed by atoms with Crippen LogP contribution >= 0.6 is 15.9 Å². The zero-order chi connectivity index (χ0) is 13.1. The summed E-state index contributed by atoms with van der Waals surface area (Å²) < 4.78 is 27.2. The Balaban J connectivity index is 2.76. The molecule has 0 aliphatic rings. The van der Waals surface area contributed by atoms with E-state index in [1.807, 2.05) is 32.9 Å². The molecule has 0 radical (unpaired) electrons. The highest BCUT2D eigenvalue weighted by molar-refractivity contribution is 9.10. The second-order valence-electron chi connectivity index (χ2n) is 4.56. The number of halogens is 1. The van der Waals surface area contributed by atoms with E-state index in [0.717, 1.165) is 10.0 Å². The molecular weight excluding hydrogens is 302 g/mol. The van der Waals surface area contributed by atoms with Gasteiger partial charge in [-0.2, -0.15) is 0 Å². The molecule has 0 bridgehead atoms. The Labute approximate surface area is 112 Å². The fourth-order valence-electron chi connectivity index (χ4n) is 1.35. The lowest BCUT2D eigenvalue weighted by atomic mass is 10.2. The quantitative estimate of drug-likeness (QED) is 0.902. The van der Waals surface area contributed by atoms with Gasteiger partial charge in [0.2, 0.25) is 10.0 Å². The topological polar surface area (TPSA) is 46.2 Å². The summed E-state index contributed by atoms with van der Waals surface area (Å²) >= 11 is 3.35. The van der Waals surface area contributed by atoms with Gasteiger partial charge in [0, 0.05) is 4.47 Å². The first-order valence-electron chi connectivity index (χ1n) is 5.57. The van der Waals surface area contributed by atoms with Crippen molar-refractivity contribution < 1.29 is 8.42 Å². The van der Waals surface area contributed by atoms with Crippen molar-refractivity contribution in [3.63, 3.8) is 0 Å². The molecule has 96 valence electrons. The van der Waals surface area contributed by atoms with E-state index < -0.39 is 10.0 Å². The van der Waals surface area contributed by atoms with Crippen molar-refractivity contribution in [2.45, 2.75) is 27.2 Å². The van der Waals surface area contributed by atoms with E-state index in [4.69, 9.17) is 0 Å². The highest BCUT2D eigenvalue weighted by Crippen LogP contribution is 2.21. The molecule has 3 nitrogen and oxygen atoms in total. The molecule has 1 aromatic rings. The van der Waals surface area contributed by atoms with E-state index in [2.05, 4.69) is 20.7 Å². The SMILES string of the molecule is Cc1cc(Br)ccc1NS(=O)(=O)CCC(C)C. The van der Waals surface area contributed by atoms with Gasteiger partial charge in [0.05, 0.1) is 11.4 Å². The minimum absolute atomic E-state index is 0.167. The number of hydrogen-bond acceptors (Lipinski definition) is 2. The van der Waals surface area contributed by atoms with Gasteiger partial charge < -0.3 is 0 Å². The van der Waals surface area contributed by atoms with Crippen molar-refractivity contribution in [1.29, 1.82) is 0 Å². The number of aryl methyl sites for hydroxylation is 1. The zero-order valence-corrected chi connectivity index (χ0v) is 12.7. The fraction of sp³-hybridized carbons (Fsp3) is 0.500. The van der Waals surface area contributed by atoms with Gasteiger partial charge in [-0.05, 0) is 43.0 Å². The highest BCUT2D eigenvalue weighted by Gasteiger charge is 2.12. The minimum Gasteiger partial charge on any atom is -0.283 e. The second-order valence-corrected chi connectivity index (χ2v) is 7.32. The van der Waals surface area contributed by atoms with Crippen LogP contribution in [0.1, 0.15) is 25.8 Å². The monoisotopic (exact) mass is 319 g/mol. The van der Waals surface area contributed by atoms with Crippen molar-refractivity contribution in [1.82, 2.24) is 0 Å². The average Bonchev–Trinajstić information content (AvgIpc) is 2.20. The molecule has 1 N–H and O–H groups in total. The number of rotatable bonds is 5. The van der Waals surface area contributed by atoms with Crippen LogP contribution < -0.4 is 4.72 Å². The molecule has 0 fully saturated rings. The van der Waals surface area contributed by atoms with E-state index >= 15 is 0 Å². The lowest BCUT2D eigenvalue weighted by Crippen LogP contribution is -2.18. The Morgan fingerprint density at radius 2 is 2.00 bits per heavy atom. The molecule has 0 atom stereocenters. The number of anilines is 1. The molecular formula is C12H18BrNO2S. The van der Waals surface area contributed by atoms with Crippen LogP contribution in [-0.4, -0.2) is 14.2 Å². The Hall–Kier alpha value is -0.550. The molecule has 0 heterocycles. The average molecular weight is 320 g/mol. The van der Waals surface area contributed by atoms with E-state index in [1.54, 1.807) is 6.07 Å². The number of hydrogen-bond donors (Lipinski definition) is 1. The zero-order valence-electron chi connectivity index (χ0n) is 10.3. The summed E-state index contributed by atoms with van der Waals surface area (Å²) in [5.41, 5.74) is 1.56. The lowest BCUT2D eigenvalue weighted by Gasteiger charge is -2.11. The summed E-state index contributed by atoms with van der Waals surface area (Å²) in [5.74, 6) is 0.553. The number of nitrogens with one attached hydrogen (secondary N) is 1. The molecule has 0 spiro atoms. The van der Waals surface area contributed by atoms with Crippen molar-refractivity contribution >= 4 is 31.6 Å². The third-order valence-corrected chi connectivity index (χ3v) is 4.22. The standard InChI is InChI=1S/C12H18BrNO2S/c1-9(2)6-7-17(15,16)14-12-5-4-11(13)8-10(12)3/h4-5,8-9,14H,6-7H2,1-3H3.